The Kier molecular flexibility index (Phi) is 5.40. The van der Waals surface area contributed by atoms with E-state index < -0.39 is 5.95 Å². The van der Waals surface area contributed by atoms with Gasteiger partial charge >= 0.3 is 0 Å². The second-order valence-electron chi connectivity index (χ2n) is 9.67. The summed E-state index contributed by atoms with van der Waals surface area (Å²) in [5.74, 6) is 1.68. The molecule has 1 fully saturated rings. The van der Waals surface area contributed by atoms with E-state index in [0.717, 1.165) is 36.2 Å². The van der Waals surface area contributed by atoms with Gasteiger partial charge in [-0.25, -0.2) is 9.67 Å². The minimum absolute atomic E-state index is 0.0996. The lowest BCUT2D eigenvalue weighted by atomic mass is 9.87. The topological polar surface area (TPSA) is 54.3 Å². The first-order valence-corrected chi connectivity index (χ1v) is 12.6. The highest BCUT2D eigenvalue weighted by Gasteiger charge is 2.47. The number of halogens is 2. The lowest BCUT2D eigenvalue weighted by molar-refractivity contribution is 0.0814. The number of amides is 1. The zero-order chi connectivity index (χ0) is 24.3. The fourth-order valence-corrected chi connectivity index (χ4v) is 6.23. The van der Waals surface area contributed by atoms with Gasteiger partial charge in [-0.15, -0.1) is 0 Å². The first kappa shape index (κ1) is 22.3. The number of rotatable bonds is 4. The largest absolute Gasteiger partial charge is 0.307 e. The predicted molar refractivity (Wildman–Crippen MR) is 134 cm³/mol. The summed E-state index contributed by atoms with van der Waals surface area (Å²) in [7, 11) is 1.85. The Bertz CT molecular complexity index is 1350. The van der Waals surface area contributed by atoms with Gasteiger partial charge in [0, 0.05) is 18.7 Å². The minimum Gasteiger partial charge on any atom is -0.307 e. The van der Waals surface area contributed by atoms with Gasteiger partial charge in [-0.05, 0) is 54.9 Å². The molecule has 2 aromatic heterocycles. The molecule has 0 saturated heterocycles. The smallest absolute Gasteiger partial charge is 0.266 e. The van der Waals surface area contributed by atoms with Crippen molar-refractivity contribution in [2.24, 2.45) is 5.92 Å². The Balaban J connectivity index is 1.36. The molecule has 1 aromatic carbocycles. The zero-order valence-corrected chi connectivity index (χ0v) is 20.6. The molecular formula is C27H27ClFN5O. The number of anilines is 1. The second kappa shape index (κ2) is 8.48. The van der Waals surface area contributed by atoms with Gasteiger partial charge in [0.15, 0.2) is 5.82 Å². The van der Waals surface area contributed by atoms with Gasteiger partial charge in [-0.2, -0.15) is 9.49 Å². The highest BCUT2D eigenvalue weighted by Crippen LogP contribution is 2.48. The fourth-order valence-electron chi connectivity index (χ4n) is 5.96. The Labute approximate surface area is 209 Å². The van der Waals surface area contributed by atoms with E-state index in [1.807, 2.05) is 31.3 Å². The second-order valence-corrected chi connectivity index (χ2v) is 10.0. The van der Waals surface area contributed by atoms with Crippen LogP contribution in [0.5, 0.6) is 0 Å². The summed E-state index contributed by atoms with van der Waals surface area (Å²) in [6.07, 6.45) is 5.49. The lowest BCUT2D eigenvalue weighted by Crippen LogP contribution is -2.51. The third-order valence-corrected chi connectivity index (χ3v) is 8.05. The maximum Gasteiger partial charge on any atom is 0.266 e. The van der Waals surface area contributed by atoms with E-state index >= 15 is 0 Å². The summed E-state index contributed by atoms with van der Waals surface area (Å²) in [5.41, 5.74) is 4.21. The number of pyridine rings is 1. The first-order chi connectivity index (χ1) is 17.0. The molecule has 0 bridgehead atoms. The molecule has 0 spiro atoms. The molecule has 3 aromatic rings. The number of fused-ring (bicyclic) bond motifs is 5. The summed E-state index contributed by atoms with van der Waals surface area (Å²) in [4.78, 5) is 21.5. The van der Waals surface area contributed by atoms with Crippen molar-refractivity contribution in [3.8, 4) is 11.3 Å². The zero-order valence-electron chi connectivity index (χ0n) is 19.8. The molecule has 0 radical (unpaired) electrons. The van der Waals surface area contributed by atoms with Crippen LogP contribution in [-0.2, 0) is 6.54 Å². The highest BCUT2D eigenvalue weighted by molar-refractivity contribution is 6.34. The highest BCUT2D eigenvalue weighted by atomic mass is 35.5. The summed E-state index contributed by atoms with van der Waals surface area (Å²) in [6.45, 7) is 2.60. The van der Waals surface area contributed by atoms with Gasteiger partial charge in [-0.3, -0.25) is 9.69 Å². The summed E-state index contributed by atoms with van der Waals surface area (Å²) in [5, 5.41) is 5.27. The average molecular weight is 492 g/mol. The van der Waals surface area contributed by atoms with E-state index in [-0.39, 0.29) is 5.91 Å². The molecule has 180 valence electrons. The quantitative estimate of drug-likeness (QED) is 0.428. The molecule has 8 heteroatoms. The lowest BCUT2D eigenvalue weighted by Gasteiger charge is -2.46. The number of hydrogen-bond acceptors (Lipinski definition) is 4. The molecule has 2 aliphatic heterocycles. The van der Waals surface area contributed by atoms with Crippen LogP contribution < -0.4 is 4.90 Å². The Morgan fingerprint density at radius 1 is 1.14 bits per heavy atom. The standard InChI is InChI=1S/C27H27ClFN5O/c1-3-17-14-19-6-4-8-21(19)34-25-23(27(35)32(2)26(17)34)24(28)33(31-25)15-16-10-12-18(13-11-16)20-7-5-9-22(29)30-20/h5,7,9-13,19,21H,3-4,6,8,14-15H2,1-2H3. The molecule has 6 rings (SSSR count). The third-order valence-electron chi connectivity index (χ3n) is 7.66. The third kappa shape index (κ3) is 3.56. The van der Waals surface area contributed by atoms with Crippen molar-refractivity contribution in [3.05, 3.63) is 76.1 Å². The number of carbonyl (C=O) groups is 1. The molecule has 6 nitrogen and oxygen atoms in total. The molecule has 1 aliphatic carbocycles. The SMILES string of the molecule is CCC1=C2N(C)C(=O)c3c(nn(Cc4ccc(-c5cccc(F)n5)cc4)c3Cl)N2C2CCCC2C1. The van der Waals surface area contributed by atoms with E-state index in [9.17, 15) is 9.18 Å². The summed E-state index contributed by atoms with van der Waals surface area (Å²) >= 11 is 6.80. The van der Waals surface area contributed by atoms with Crippen molar-refractivity contribution in [1.82, 2.24) is 19.7 Å². The van der Waals surface area contributed by atoms with E-state index in [1.54, 1.807) is 21.7 Å². The number of aromatic nitrogens is 3. The molecular weight excluding hydrogens is 465 g/mol. The van der Waals surface area contributed by atoms with Crippen molar-refractivity contribution in [1.29, 1.82) is 0 Å². The monoisotopic (exact) mass is 491 g/mol. The molecule has 1 saturated carbocycles. The van der Waals surface area contributed by atoms with Gasteiger partial charge < -0.3 is 4.90 Å². The maximum absolute atomic E-state index is 13.5. The Hall–Kier alpha value is -3.19. The van der Waals surface area contributed by atoms with Gasteiger partial charge in [0.25, 0.3) is 5.91 Å². The van der Waals surface area contributed by atoms with Crippen LogP contribution in [0.2, 0.25) is 5.15 Å². The number of carbonyl (C=O) groups excluding carboxylic acids is 1. The number of allylic oxidation sites excluding steroid dienone is 1. The van der Waals surface area contributed by atoms with Crippen LogP contribution in [0, 0.1) is 11.9 Å². The van der Waals surface area contributed by atoms with Crippen LogP contribution in [0.25, 0.3) is 11.3 Å². The predicted octanol–water partition coefficient (Wildman–Crippen LogP) is 5.87. The fraction of sp³-hybridized carbons (Fsp3) is 0.370. The van der Waals surface area contributed by atoms with Crippen molar-refractivity contribution in [3.63, 3.8) is 0 Å². The van der Waals surface area contributed by atoms with Gasteiger partial charge in [-0.1, -0.05) is 55.3 Å². The molecule has 0 N–H and O–H groups in total. The minimum atomic E-state index is -0.503. The van der Waals surface area contributed by atoms with E-state index in [0.29, 0.717) is 40.7 Å². The molecule has 1 amide bonds. The van der Waals surface area contributed by atoms with E-state index in [1.165, 1.54) is 24.5 Å². The first-order valence-electron chi connectivity index (χ1n) is 12.2. The van der Waals surface area contributed by atoms with E-state index in [2.05, 4.69) is 16.8 Å². The van der Waals surface area contributed by atoms with Crippen molar-refractivity contribution < 1.29 is 9.18 Å². The Morgan fingerprint density at radius 3 is 2.69 bits per heavy atom. The van der Waals surface area contributed by atoms with Gasteiger partial charge in [0.2, 0.25) is 5.95 Å². The van der Waals surface area contributed by atoms with Crippen molar-refractivity contribution >= 4 is 23.3 Å². The van der Waals surface area contributed by atoms with Crippen molar-refractivity contribution in [2.75, 3.05) is 11.9 Å². The molecule has 4 heterocycles. The molecule has 2 atom stereocenters. The van der Waals surface area contributed by atoms with Gasteiger partial charge in [0.1, 0.15) is 16.5 Å². The van der Waals surface area contributed by atoms with Crippen LogP contribution in [0.4, 0.5) is 10.2 Å². The summed E-state index contributed by atoms with van der Waals surface area (Å²) in [6, 6.07) is 12.9. The molecule has 3 aliphatic rings. The van der Waals surface area contributed by atoms with Gasteiger partial charge in [0.05, 0.1) is 12.2 Å². The van der Waals surface area contributed by atoms with Crippen LogP contribution >= 0.6 is 11.6 Å². The number of hydrogen-bond donors (Lipinski definition) is 0. The van der Waals surface area contributed by atoms with Crippen LogP contribution in [0.15, 0.2) is 53.9 Å². The van der Waals surface area contributed by atoms with Crippen LogP contribution in [-0.4, -0.2) is 38.7 Å². The maximum atomic E-state index is 13.5. The average Bonchev–Trinajstić information content (AvgIpc) is 3.46. The molecule has 35 heavy (non-hydrogen) atoms. The summed E-state index contributed by atoms with van der Waals surface area (Å²) < 4.78 is 15.2. The van der Waals surface area contributed by atoms with E-state index in [4.69, 9.17) is 16.7 Å². The van der Waals surface area contributed by atoms with Crippen molar-refractivity contribution in [2.45, 2.75) is 51.6 Å². The van der Waals surface area contributed by atoms with Crippen LogP contribution in [0.3, 0.4) is 0 Å². The van der Waals surface area contributed by atoms with Crippen LogP contribution in [0.1, 0.15) is 54.9 Å². The number of benzene rings is 1. The normalized spacial score (nSPS) is 21.3. The number of nitrogens with zero attached hydrogens (tertiary/aromatic N) is 5. The Morgan fingerprint density at radius 2 is 1.94 bits per heavy atom. The molecule has 2 unspecified atom stereocenters.